The molecule has 0 radical (unpaired) electrons. The van der Waals surface area contributed by atoms with Crippen molar-refractivity contribution in [1.29, 1.82) is 0 Å². The van der Waals surface area contributed by atoms with E-state index >= 15 is 0 Å². The van der Waals surface area contributed by atoms with E-state index in [0.717, 1.165) is 17.5 Å². The zero-order chi connectivity index (χ0) is 16.2. The second-order valence-corrected chi connectivity index (χ2v) is 6.05. The smallest absolute Gasteiger partial charge is 0.339 e. The normalized spacial score (nSPS) is 11.4. The van der Waals surface area contributed by atoms with Crippen LogP contribution in [0, 0.1) is 0 Å². The number of benzene rings is 1. The number of hydrogen-bond acceptors (Lipinski definition) is 6. The second-order valence-electron chi connectivity index (χ2n) is 4.14. The molecule has 9 heteroatoms. The summed E-state index contributed by atoms with van der Waals surface area (Å²) in [6.45, 7) is 1.07. The van der Waals surface area contributed by atoms with Crippen molar-refractivity contribution in [2.24, 2.45) is 5.73 Å². The molecule has 1 amide bonds. The van der Waals surface area contributed by atoms with E-state index in [1.807, 2.05) is 0 Å². The van der Waals surface area contributed by atoms with E-state index in [4.69, 9.17) is 11.5 Å². The first kappa shape index (κ1) is 16.9. The van der Waals surface area contributed by atoms with E-state index in [1.54, 1.807) is 6.92 Å². The van der Waals surface area contributed by atoms with Crippen LogP contribution in [-0.2, 0) is 19.6 Å². The molecule has 8 nitrogen and oxygen atoms in total. The third-order valence-electron chi connectivity index (χ3n) is 2.71. The van der Waals surface area contributed by atoms with Gasteiger partial charge in [0.25, 0.3) is 0 Å². The largest absolute Gasteiger partial charge is 0.465 e. The number of hydrogen-bond donors (Lipinski definition) is 2. The van der Waals surface area contributed by atoms with Crippen molar-refractivity contribution in [3.05, 3.63) is 23.8 Å². The summed E-state index contributed by atoms with van der Waals surface area (Å²) in [6.07, 6.45) is 0. The van der Waals surface area contributed by atoms with Gasteiger partial charge in [-0.3, -0.25) is 4.79 Å². The molecule has 0 aliphatic carbocycles. The van der Waals surface area contributed by atoms with Gasteiger partial charge in [-0.25, -0.2) is 13.2 Å². The molecule has 0 atom stereocenters. The Morgan fingerprint density at radius 3 is 2.43 bits per heavy atom. The molecule has 0 fully saturated rings. The molecular formula is C12H17N3O5S. The number of amides is 1. The quantitative estimate of drug-likeness (QED) is 0.539. The van der Waals surface area contributed by atoms with Crippen LogP contribution in [0.5, 0.6) is 0 Å². The number of nitrogens with zero attached hydrogens (tertiary/aromatic N) is 1. The average molecular weight is 315 g/mol. The highest BCUT2D eigenvalue weighted by Crippen LogP contribution is 2.23. The summed E-state index contributed by atoms with van der Waals surface area (Å²) < 4.78 is 30.5. The topological polar surface area (TPSA) is 133 Å². The molecule has 0 bridgehead atoms. The fourth-order valence-corrected chi connectivity index (χ4v) is 3.34. The summed E-state index contributed by atoms with van der Waals surface area (Å²) in [5.74, 6) is -1.62. The van der Waals surface area contributed by atoms with E-state index in [-0.39, 0.29) is 22.7 Å². The first-order valence-electron chi connectivity index (χ1n) is 6.00. The number of ether oxygens (including phenoxy) is 1. The minimum Gasteiger partial charge on any atom is -0.465 e. The molecule has 0 saturated heterocycles. The molecule has 1 aromatic carbocycles. The van der Waals surface area contributed by atoms with Gasteiger partial charge in [0.15, 0.2) is 0 Å². The lowest BCUT2D eigenvalue weighted by Gasteiger charge is -2.20. The Morgan fingerprint density at radius 2 is 1.95 bits per heavy atom. The molecule has 0 spiro atoms. The Kier molecular flexibility index (Phi) is 5.28. The Bertz CT molecular complexity index is 657. The number of nitrogens with two attached hydrogens (primary N) is 2. The van der Waals surface area contributed by atoms with Crippen LogP contribution >= 0.6 is 0 Å². The van der Waals surface area contributed by atoms with E-state index < -0.39 is 28.4 Å². The third kappa shape index (κ3) is 3.70. The molecule has 0 unspecified atom stereocenters. The highest BCUT2D eigenvalue weighted by molar-refractivity contribution is 7.89. The summed E-state index contributed by atoms with van der Waals surface area (Å²) in [5, 5.41) is 0. The van der Waals surface area contributed by atoms with Gasteiger partial charge in [-0.1, -0.05) is 6.92 Å². The number of esters is 1. The van der Waals surface area contributed by atoms with Crippen LogP contribution in [0.2, 0.25) is 0 Å². The summed E-state index contributed by atoms with van der Waals surface area (Å²) in [5.41, 5.74) is 10.6. The average Bonchev–Trinajstić information content (AvgIpc) is 2.43. The zero-order valence-electron chi connectivity index (χ0n) is 11.7. The Labute approximate surface area is 122 Å². The Balaban J connectivity index is 3.45. The maximum Gasteiger partial charge on any atom is 0.339 e. The summed E-state index contributed by atoms with van der Waals surface area (Å²) >= 11 is 0. The van der Waals surface area contributed by atoms with Gasteiger partial charge >= 0.3 is 5.97 Å². The number of carbonyl (C=O) groups is 2. The van der Waals surface area contributed by atoms with Gasteiger partial charge in [0.2, 0.25) is 15.9 Å². The van der Waals surface area contributed by atoms with Crippen molar-refractivity contribution in [2.45, 2.75) is 11.8 Å². The molecule has 0 aliphatic rings. The van der Waals surface area contributed by atoms with Crippen molar-refractivity contribution < 1.29 is 22.7 Å². The Hall–Kier alpha value is -2.13. The summed E-state index contributed by atoms with van der Waals surface area (Å²) in [7, 11) is -2.97. The molecule has 1 rings (SSSR count). The summed E-state index contributed by atoms with van der Waals surface area (Å²) in [6, 6.07) is 3.78. The minimum atomic E-state index is -4.10. The number of carbonyl (C=O) groups excluding carboxylic acids is 2. The SMILES string of the molecule is CCN(CC(N)=O)S(=O)(=O)c1cc(N)ccc1C(=O)OC. The van der Waals surface area contributed by atoms with Crippen molar-refractivity contribution in [3.63, 3.8) is 0 Å². The van der Waals surface area contributed by atoms with Crippen LogP contribution in [-0.4, -0.2) is 44.8 Å². The predicted molar refractivity (Wildman–Crippen MR) is 75.8 cm³/mol. The second kappa shape index (κ2) is 6.55. The third-order valence-corrected chi connectivity index (χ3v) is 4.67. The van der Waals surface area contributed by atoms with Gasteiger partial charge in [0.05, 0.1) is 24.1 Å². The first-order chi connectivity index (χ1) is 9.73. The Morgan fingerprint density at radius 1 is 1.33 bits per heavy atom. The van der Waals surface area contributed by atoms with Gasteiger partial charge in [0.1, 0.15) is 0 Å². The van der Waals surface area contributed by atoms with Gasteiger partial charge in [-0.05, 0) is 18.2 Å². The number of primary amides is 1. The van der Waals surface area contributed by atoms with Gasteiger partial charge in [-0.15, -0.1) is 0 Å². The maximum absolute atomic E-state index is 12.5. The zero-order valence-corrected chi connectivity index (χ0v) is 12.5. The number of rotatable bonds is 6. The van der Waals surface area contributed by atoms with Gasteiger partial charge in [-0.2, -0.15) is 4.31 Å². The first-order valence-corrected chi connectivity index (χ1v) is 7.44. The van der Waals surface area contributed by atoms with E-state index in [9.17, 15) is 18.0 Å². The number of methoxy groups -OCH3 is 1. The summed E-state index contributed by atoms with van der Waals surface area (Å²) in [4.78, 5) is 22.4. The molecular weight excluding hydrogens is 298 g/mol. The molecule has 0 heterocycles. The monoisotopic (exact) mass is 315 g/mol. The van der Waals surface area contributed by atoms with E-state index in [1.165, 1.54) is 12.1 Å². The molecule has 0 aliphatic heterocycles. The highest BCUT2D eigenvalue weighted by Gasteiger charge is 2.29. The fourth-order valence-electron chi connectivity index (χ4n) is 1.71. The standard InChI is InChI=1S/C12H17N3O5S/c1-3-15(7-11(14)16)21(18,19)10-6-8(13)4-5-9(10)12(17)20-2/h4-6H,3,7,13H2,1-2H3,(H2,14,16). The van der Waals surface area contributed by atoms with Crippen LogP contribution in [0.3, 0.4) is 0 Å². The van der Waals surface area contributed by atoms with E-state index in [0.29, 0.717) is 0 Å². The molecule has 21 heavy (non-hydrogen) atoms. The lowest BCUT2D eigenvalue weighted by molar-refractivity contribution is -0.118. The molecule has 4 N–H and O–H groups in total. The van der Waals surface area contributed by atoms with Crippen LogP contribution in [0.15, 0.2) is 23.1 Å². The van der Waals surface area contributed by atoms with Crippen LogP contribution < -0.4 is 11.5 Å². The van der Waals surface area contributed by atoms with Crippen molar-refractivity contribution in [3.8, 4) is 0 Å². The maximum atomic E-state index is 12.5. The minimum absolute atomic E-state index is 0.0146. The van der Waals surface area contributed by atoms with Crippen molar-refractivity contribution >= 4 is 27.6 Å². The van der Waals surface area contributed by atoms with Crippen LogP contribution in [0.25, 0.3) is 0 Å². The predicted octanol–water partition coefficient (Wildman–Crippen LogP) is -0.449. The molecule has 0 aromatic heterocycles. The molecule has 0 saturated carbocycles. The van der Waals surface area contributed by atoms with Gasteiger partial charge < -0.3 is 16.2 Å². The van der Waals surface area contributed by atoms with Gasteiger partial charge in [0, 0.05) is 12.2 Å². The van der Waals surface area contributed by atoms with E-state index in [2.05, 4.69) is 4.74 Å². The number of sulfonamides is 1. The molecule has 1 aromatic rings. The number of nitrogen functional groups attached to an aromatic ring is 1. The van der Waals surface area contributed by atoms with Crippen molar-refractivity contribution in [1.82, 2.24) is 4.31 Å². The highest BCUT2D eigenvalue weighted by atomic mass is 32.2. The van der Waals surface area contributed by atoms with Crippen LogP contribution in [0.1, 0.15) is 17.3 Å². The lowest BCUT2D eigenvalue weighted by Crippen LogP contribution is -2.38. The lowest BCUT2D eigenvalue weighted by atomic mass is 10.2. The van der Waals surface area contributed by atoms with Crippen LogP contribution in [0.4, 0.5) is 5.69 Å². The molecule has 116 valence electrons. The number of anilines is 1. The van der Waals surface area contributed by atoms with Crippen molar-refractivity contribution in [2.75, 3.05) is 25.9 Å². The fraction of sp³-hybridized carbons (Fsp3) is 0.333. The number of likely N-dealkylation sites (N-methyl/N-ethyl adjacent to an activating group) is 1.